The molecule has 0 aromatic heterocycles. The SMILES string of the molecule is COc1cccc(C(=O)N(C)CCC(C)O)c1F. The average Bonchev–Trinajstić information content (AvgIpc) is 2.35. The van der Waals surface area contributed by atoms with Crippen LogP contribution in [0, 0.1) is 5.82 Å². The number of aliphatic hydroxyl groups is 1. The van der Waals surface area contributed by atoms with Crippen LogP contribution in [-0.2, 0) is 0 Å². The molecule has 0 radical (unpaired) electrons. The van der Waals surface area contributed by atoms with Crippen LogP contribution in [0.1, 0.15) is 23.7 Å². The molecule has 1 aromatic carbocycles. The zero-order valence-corrected chi connectivity index (χ0v) is 10.8. The number of carbonyl (C=O) groups excluding carboxylic acids is 1. The molecule has 0 heterocycles. The van der Waals surface area contributed by atoms with Crippen molar-refractivity contribution in [3.63, 3.8) is 0 Å². The van der Waals surface area contributed by atoms with E-state index < -0.39 is 17.8 Å². The fourth-order valence-corrected chi connectivity index (χ4v) is 1.52. The molecule has 100 valence electrons. The summed E-state index contributed by atoms with van der Waals surface area (Å²) in [5.74, 6) is -1.04. The number of nitrogens with zero attached hydrogens (tertiary/aromatic N) is 1. The maximum atomic E-state index is 13.9. The Balaban J connectivity index is 2.83. The summed E-state index contributed by atoms with van der Waals surface area (Å²) in [5, 5.41) is 9.16. The largest absolute Gasteiger partial charge is 0.494 e. The van der Waals surface area contributed by atoms with Crippen LogP contribution in [0.4, 0.5) is 4.39 Å². The fraction of sp³-hybridized carbons (Fsp3) is 0.462. The molecule has 1 unspecified atom stereocenters. The summed E-state index contributed by atoms with van der Waals surface area (Å²) in [6.07, 6.45) is -0.0382. The summed E-state index contributed by atoms with van der Waals surface area (Å²) in [5.41, 5.74) is -0.0255. The zero-order chi connectivity index (χ0) is 13.7. The van der Waals surface area contributed by atoms with Gasteiger partial charge in [-0.3, -0.25) is 4.79 Å². The number of carbonyl (C=O) groups is 1. The van der Waals surface area contributed by atoms with Crippen molar-refractivity contribution < 1.29 is 19.0 Å². The number of halogens is 1. The number of hydrogen-bond donors (Lipinski definition) is 1. The average molecular weight is 255 g/mol. The van der Waals surface area contributed by atoms with Gasteiger partial charge in [-0.2, -0.15) is 0 Å². The van der Waals surface area contributed by atoms with Crippen molar-refractivity contribution in [2.24, 2.45) is 0 Å². The van der Waals surface area contributed by atoms with E-state index in [0.29, 0.717) is 13.0 Å². The van der Waals surface area contributed by atoms with E-state index in [1.807, 2.05) is 0 Å². The molecule has 0 saturated carbocycles. The van der Waals surface area contributed by atoms with Gasteiger partial charge in [-0.25, -0.2) is 4.39 Å². The summed E-state index contributed by atoms with van der Waals surface area (Å²) < 4.78 is 18.7. The number of benzene rings is 1. The van der Waals surface area contributed by atoms with Gasteiger partial charge in [-0.15, -0.1) is 0 Å². The van der Waals surface area contributed by atoms with E-state index in [9.17, 15) is 9.18 Å². The van der Waals surface area contributed by atoms with Crippen LogP contribution in [-0.4, -0.2) is 42.7 Å². The van der Waals surface area contributed by atoms with Gasteiger partial charge in [0, 0.05) is 13.6 Å². The first-order valence-corrected chi connectivity index (χ1v) is 5.73. The van der Waals surface area contributed by atoms with E-state index in [1.165, 1.54) is 24.1 Å². The van der Waals surface area contributed by atoms with Crippen molar-refractivity contribution >= 4 is 5.91 Å². The van der Waals surface area contributed by atoms with Crippen molar-refractivity contribution in [2.45, 2.75) is 19.4 Å². The first kappa shape index (κ1) is 14.4. The molecule has 1 atom stereocenters. The smallest absolute Gasteiger partial charge is 0.256 e. The second-order valence-corrected chi connectivity index (χ2v) is 4.19. The van der Waals surface area contributed by atoms with Crippen molar-refractivity contribution in [3.05, 3.63) is 29.6 Å². The number of methoxy groups -OCH3 is 1. The Morgan fingerprint density at radius 3 is 2.78 bits per heavy atom. The Bertz CT molecular complexity index is 421. The lowest BCUT2D eigenvalue weighted by Crippen LogP contribution is -2.30. The highest BCUT2D eigenvalue weighted by atomic mass is 19.1. The number of amides is 1. The molecule has 1 rings (SSSR count). The summed E-state index contributed by atoms with van der Waals surface area (Å²) >= 11 is 0. The second kappa shape index (κ2) is 6.35. The Labute approximate surface area is 106 Å². The van der Waals surface area contributed by atoms with Crippen LogP contribution in [0.3, 0.4) is 0 Å². The standard InChI is InChI=1S/C13H18FNO3/c1-9(16)7-8-15(2)13(17)10-5-4-6-11(18-3)12(10)14/h4-6,9,16H,7-8H2,1-3H3. The van der Waals surface area contributed by atoms with Gasteiger partial charge in [-0.1, -0.05) is 6.07 Å². The van der Waals surface area contributed by atoms with Crippen LogP contribution in [0.15, 0.2) is 18.2 Å². The van der Waals surface area contributed by atoms with Crippen molar-refractivity contribution in [2.75, 3.05) is 20.7 Å². The van der Waals surface area contributed by atoms with E-state index in [4.69, 9.17) is 9.84 Å². The Morgan fingerprint density at radius 2 is 2.22 bits per heavy atom. The molecule has 0 spiro atoms. The van der Waals surface area contributed by atoms with Gasteiger partial charge >= 0.3 is 0 Å². The van der Waals surface area contributed by atoms with Crippen LogP contribution in [0.2, 0.25) is 0 Å². The maximum absolute atomic E-state index is 13.9. The summed E-state index contributed by atoms with van der Waals surface area (Å²) in [7, 11) is 2.92. The number of aliphatic hydroxyl groups excluding tert-OH is 1. The highest BCUT2D eigenvalue weighted by molar-refractivity contribution is 5.94. The van der Waals surface area contributed by atoms with Gasteiger partial charge in [0.2, 0.25) is 0 Å². The van der Waals surface area contributed by atoms with Crippen LogP contribution < -0.4 is 4.74 Å². The molecule has 0 aliphatic heterocycles. The van der Waals surface area contributed by atoms with E-state index in [2.05, 4.69) is 0 Å². The van der Waals surface area contributed by atoms with Crippen LogP contribution >= 0.6 is 0 Å². The van der Waals surface area contributed by atoms with Gasteiger partial charge < -0.3 is 14.7 Å². The topological polar surface area (TPSA) is 49.8 Å². The molecule has 5 heteroatoms. The number of ether oxygens (including phenoxy) is 1. The molecule has 0 fully saturated rings. The zero-order valence-electron chi connectivity index (χ0n) is 10.8. The minimum absolute atomic E-state index is 0.0255. The third kappa shape index (κ3) is 3.43. The number of rotatable bonds is 5. The molecule has 1 aromatic rings. The molecule has 0 aliphatic rings. The molecular formula is C13H18FNO3. The monoisotopic (exact) mass is 255 g/mol. The predicted octanol–water partition coefficient (Wildman–Crippen LogP) is 1.68. The van der Waals surface area contributed by atoms with Crippen molar-refractivity contribution in [1.29, 1.82) is 0 Å². The van der Waals surface area contributed by atoms with Gasteiger partial charge in [0.1, 0.15) is 0 Å². The lowest BCUT2D eigenvalue weighted by Gasteiger charge is -2.18. The summed E-state index contributed by atoms with van der Waals surface area (Å²) in [6, 6.07) is 4.44. The fourth-order valence-electron chi connectivity index (χ4n) is 1.52. The molecule has 0 bridgehead atoms. The Kier molecular flexibility index (Phi) is 5.09. The molecule has 0 saturated heterocycles. The van der Waals surface area contributed by atoms with Crippen LogP contribution in [0.5, 0.6) is 5.75 Å². The van der Waals surface area contributed by atoms with Gasteiger partial charge in [0.15, 0.2) is 11.6 Å². The molecule has 4 nitrogen and oxygen atoms in total. The summed E-state index contributed by atoms with van der Waals surface area (Å²) in [4.78, 5) is 13.4. The molecule has 0 aliphatic carbocycles. The van der Waals surface area contributed by atoms with Crippen LogP contribution in [0.25, 0.3) is 0 Å². The van der Waals surface area contributed by atoms with E-state index in [0.717, 1.165) is 0 Å². The normalized spacial score (nSPS) is 12.1. The van der Waals surface area contributed by atoms with Gasteiger partial charge in [0.05, 0.1) is 18.8 Å². The highest BCUT2D eigenvalue weighted by Crippen LogP contribution is 2.21. The molecule has 18 heavy (non-hydrogen) atoms. The van der Waals surface area contributed by atoms with E-state index in [1.54, 1.807) is 20.0 Å². The summed E-state index contributed by atoms with van der Waals surface area (Å²) in [6.45, 7) is 2.01. The third-order valence-corrected chi connectivity index (χ3v) is 2.64. The first-order valence-electron chi connectivity index (χ1n) is 5.73. The second-order valence-electron chi connectivity index (χ2n) is 4.19. The first-order chi connectivity index (χ1) is 8.47. The van der Waals surface area contributed by atoms with E-state index in [-0.39, 0.29) is 11.3 Å². The molecule has 1 amide bonds. The van der Waals surface area contributed by atoms with Gasteiger partial charge in [0.25, 0.3) is 5.91 Å². The molecule has 1 N–H and O–H groups in total. The van der Waals surface area contributed by atoms with Crippen molar-refractivity contribution in [3.8, 4) is 5.75 Å². The maximum Gasteiger partial charge on any atom is 0.256 e. The van der Waals surface area contributed by atoms with Gasteiger partial charge in [-0.05, 0) is 25.5 Å². The van der Waals surface area contributed by atoms with Crippen molar-refractivity contribution in [1.82, 2.24) is 4.90 Å². The minimum atomic E-state index is -0.658. The quantitative estimate of drug-likeness (QED) is 0.870. The van der Waals surface area contributed by atoms with E-state index >= 15 is 0 Å². The lowest BCUT2D eigenvalue weighted by molar-refractivity contribution is 0.0763. The lowest BCUT2D eigenvalue weighted by atomic mass is 10.1. The molecular weight excluding hydrogens is 237 g/mol. The number of hydrogen-bond acceptors (Lipinski definition) is 3. The highest BCUT2D eigenvalue weighted by Gasteiger charge is 2.18. The third-order valence-electron chi connectivity index (χ3n) is 2.64. The predicted molar refractivity (Wildman–Crippen MR) is 66.2 cm³/mol. The Hall–Kier alpha value is -1.62. The Morgan fingerprint density at radius 1 is 1.56 bits per heavy atom. The minimum Gasteiger partial charge on any atom is -0.494 e.